The number of rotatable bonds is 1. The average molecular weight is 122 g/mol. The number of nitrogens with one attached hydrogen (secondary N) is 1. The van der Waals surface area contributed by atoms with Crippen molar-refractivity contribution in [1.29, 1.82) is 0 Å². The molecule has 0 bridgehead atoms. The largest absolute Gasteiger partial charge is 0.320 e. The van der Waals surface area contributed by atoms with Crippen molar-refractivity contribution in [1.82, 2.24) is 4.72 Å². The van der Waals surface area contributed by atoms with Crippen LogP contribution in [0.3, 0.4) is 0 Å². The molecule has 0 spiro atoms. The van der Waals surface area contributed by atoms with Gasteiger partial charge in [-0.25, -0.2) is 0 Å². The topological polar surface area (TPSA) is 29.1 Å². The van der Waals surface area contributed by atoms with Crippen LogP contribution in [-0.4, -0.2) is 11.5 Å². The fraction of sp³-hybridized carbons (Fsp3) is 0.500. The number of hydrogen-bond donors (Lipinski definition) is 1. The molecule has 2 nitrogen and oxygen atoms in total. The van der Waals surface area contributed by atoms with Gasteiger partial charge in [0.25, 0.3) is 0 Å². The molecular weight excluding hydrogens is 118 g/mol. The Morgan fingerprint density at radius 1 is 2.00 bits per heavy atom. The fourth-order valence-electron chi connectivity index (χ4n) is 0.0833. The Bertz CT molecular complexity index is 55.5. The summed E-state index contributed by atoms with van der Waals surface area (Å²) in [5, 5.41) is -0.414. The summed E-state index contributed by atoms with van der Waals surface area (Å²) < 4.78 is 2.30. The van der Waals surface area contributed by atoms with E-state index in [1.807, 2.05) is 0 Å². The number of carbonyl (C=O) groups is 1. The highest BCUT2D eigenvalue weighted by molar-refractivity contribution is 8.02. The average Bonchev–Trinajstić information content (AvgIpc) is 1.35. The lowest BCUT2D eigenvalue weighted by Gasteiger charge is -1.85. The molecule has 35 valence electrons. The highest BCUT2D eigenvalue weighted by Gasteiger charge is 1.83. The summed E-state index contributed by atoms with van der Waals surface area (Å²) >= 11 is 5.31. The van der Waals surface area contributed by atoms with Gasteiger partial charge in [0.2, 0.25) is 0 Å². The maximum atomic E-state index is 9.73. The number of hydrogen-bond acceptors (Lipinski definition) is 2. The van der Waals surface area contributed by atoms with Gasteiger partial charge in [-0.15, -0.1) is 0 Å². The maximum absolute atomic E-state index is 9.73. The first kappa shape index (κ1) is 6.04. The SMILES string of the molecule is CSNC(=O)[S]. The summed E-state index contributed by atoms with van der Waals surface area (Å²) in [6, 6.07) is 0. The monoisotopic (exact) mass is 122 g/mol. The van der Waals surface area contributed by atoms with E-state index in [9.17, 15) is 4.79 Å². The van der Waals surface area contributed by atoms with Gasteiger partial charge in [0.15, 0.2) is 0 Å². The Hall–Kier alpha value is 0.0400. The maximum Gasteiger partial charge on any atom is 0.320 e. The van der Waals surface area contributed by atoms with Gasteiger partial charge in [0.1, 0.15) is 0 Å². The smallest absolute Gasteiger partial charge is 0.287 e. The van der Waals surface area contributed by atoms with E-state index in [-0.39, 0.29) is 0 Å². The summed E-state index contributed by atoms with van der Waals surface area (Å²) in [7, 11) is 0. The molecule has 0 rings (SSSR count). The molecule has 0 aliphatic rings. The minimum absolute atomic E-state index is 0.414. The van der Waals surface area contributed by atoms with Crippen molar-refractivity contribution < 1.29 is 4.79 Å². The normalized spacial score (nSPS) is 7.50. The van der Waals surface area contributed by atoms with Crippen LogP contribution in [0, 0.1) is 0 Å². The minimum atomic E-state index is -0.414. The van der Waals surface area contributed by atoms with Crippen molar-refractivity contribution in [3.05, 3.63) is 0 Å². The van der Waals surface area contributed by atoms with Crippen LogP contribution in [0.4, 0.5) is 4.79 Å². The molecule has 0 aliphatic carbocycles. The van der Waals surface area contributed by atoms with Crippen molar-refractivity contribution in [2.45, 2.75) is 0 Å². The molecule has 0 fully saturated rings. The highest BCUT2D eigenvalue weighted by atomic mass is 32.2. The van der Waals surface area contributed by atoms with Crippen molar-refractivity contribution in [3.63, 3.8) is 0 Å². The molecule has 0 aromatic heterocycles. The van der Waals surface area contributed by atoms with Crippen molar-refractivity contribution >= 4 is 29.8 Å². The predicted octanol–water partition coefficient (Wildman–Crippen LogP) is 1.17. The molecule has 1 N–H and O–H groups in total. The quantitative estimate of drug-likeness (QED) is 0.529. The van der Waals surface area contributed by atoms with Crippen LogP contribution >= 0.6 is 24.6 Å². The molecule has 0 saturated carbocycles. The second-order valence-corrected chi connectivity index (χ2v) is 1.58. The van der Waals surface area contributed by atoms with Gasteiger partial charge >= 0.3 is 5.24 Å². The van der Waals surface area contributed by atoms with E-state index in [4.69, 9.17) is 0 Å². The van der Waals surface area contributed by atoms with Gasteiger partial charge in [-0.2, -0.15) is 0 Å². The molecule has 0 heterocycles. The van der Waals surface area contributed by atoms with E-state index in [2.05, 4.69) is 17.4 Å². The van der Waals surface area contributed by atoms with E-state index in [1.165, 1.54) is 11.9 Å². The fourth-order valence-corrected chi connectivity index (χ4v) is 0.500. The summed E-state index contributed by atoms with van der Waals surface area (Å²) in [4.78, 5) is 9.73. The standard InChI is InChI=1S/C2H4NOS2/c1-6-3-2(4)5/h1H3,(H,3,4). The van der Waals surface area contributed by atoms with Crippen molar-refractivity contribution in [2.75, 3.05) is 6.26 Å². The van der Waals surface area contributed by atoms with Crippen LogP contribution in [0.5, 0.6) is 0 Å². The second-order valence-electron chi connectivity index (χ2n) is 0.594. The Labute approximate surface area is 46.2 Å². The molecule has 1 radical (unpaired) electrons. The zero-order valence-corrected chi connectivity index (χ0v) is 4.86. The third-order valence-electron chi connectivity index (χ3n) is 0.185. The molecule has 1 amide bonds. The van der Waals surface area contributed by atoms with Crippen LogP contribution in [0.25, 0.3) is 0 Å². The van der Waals surface area contributed by atoms with Crippen LogP contribution in [0.1, 0.15) is 0 Å². The van der Waals surface area contributed by atoms with E-state index in [0.717, 1.165) is 0 Å². The van der Waals surface area contributed by atoms with Crippen LogP contribution in [0.2, 0.25) is 0 Å². The van der Waals surface area contributed by atoms with E-state index in [0.29, 0.717) is 0 Å². The Morgan fingerprint density at radius 3 is 2.50 bits per heavy atom. The molecule has 0 saturated heterocycles. The van der Waals surface area contributed by atoms with Gasteiger partial charge in [-0.3, -0.25) is 9.52 Å². The third kappa shape index (κ3) is 4.04. The summed E-state index contributed by atoms with van der Waals surface area (Å²) in [5.41, 5.74) is 0. The van der Waals surface area contributed by atoms with Crippen LogP contribution in [-0.2, 0) is 0 Å². The third-order valence-corrected chi connectivity index (χ3v) is 0.806. The van der Waals surface area contributed by atoms with Crippen molar-refractivity contribution in [3.8, 4) is 0 Å². The molecular formula is C2H4NOS2. The van der Waals surface area contributed by atoms with Crippen LogP contribution in [0.15, 0.2) is 0 Å². The first-order valence-corrected chi connectivity index (χ1v) is 2.90. The zero-order valence-electron chi connectivity index (χ0n) is 3.22. The molecule has 0 aromatic carbocycles. The van der Waals surface area contributed by atoms with Gasteiger partial charge in [0, 0.05) is 6.26 Å². The molecule has 0 aromatic rings. The second kappa shape index (κ2) is 3.24. The molecule has 6 heavy (non-hydrogen) atoms. The minimum Gasteiger partial charge on any atom is -0.287 e. The highest BCUT2D eigenvalue weighted by Crippen LogP contribution is 1.84. The van der Waals surface area contributed by atoms with E-state index < -0.39 is 5.24 Å². The first-order valence-electron chi connectivity index (χ1n) is 1.27. The van der Waals surface area contributed by atoms with Gasteiger partial charge in [0.05, 0.1) is 0 Å². The molecule has 0 atom stereocenters. The summed E-state index contributed by atoms with van der Waals surface area (Å²) in [5.74, 6) is 0. The molecule has 4 heteroatoms. The van der Waals surface area contributed by atoms with E-state index in [1.54, 1.807) is 6.26 Å². The summed E-state index contributed by atoms with van der Waals surface area (Å²) in [6.07, 6.45) is 1.74. The zero-order chi connectivity index (χ0) is 4.99. The lowest BCUT2D eigenvalue weighted by atomic mass is 11.5. The Morgan fingerprint density at radius 2 is 2.50 bits per heavy atom. The first-order chi connectivity index (χ1) is 2.77. The lowest BCUT2D eigenvalue weighted by Crippen LogP contribution is -2.03. The van der Waals surface area contributed by atoms with Gasteiger partial charge in [-0.1, -0.05) is 11.9 Å². The summed E-state index contributed by atoms with van der Waals surface area (Å²) in [6.45, 7) is 0. The molecule has 0 aliphatic heterocycles. The van der Waals surface area contributed by atoms with Gasteiger partial charge in [-0.05, 0) is 12.6 Å². The number of amides is 1. The Balaban J connectivity index is 2.83. The van der Waals surface area contributed by atoms with Crippen molar-refractivity contribution in [2.24, 2.45) is 0 Å². The van der Waals surface area contributed by atoms with Crippen LogP contribution < -0.4 is 4.72 Å². The van der Waals surface area contributed by atoms with E-state index >= 15 is 0 Å². The van der Waals surface area contributed by atoms with Gasteiger partial charge < -0.3 is 0 Å². The lowest BCUT2D eigenvalue weighted by molar-refractivity contribution is 0.265. The predicted molar refractivity (Wildman–Crippen MR) is 29.6 cm³/mol. The number of carbonyl (C=O) groups excluding carboxylic acids is 1. The molecule has 0 unspecified atom stereocenters. The Kier molecular flexibility index (Phi) is 3.26.